The summed E-state index contributed by atoms with van der Waals surface area (Å²) in [5.74, 6) is 0. The van der Waals surface area contributed by atoms with E-state index in [4.69, 9.17) is 20.6 Å². The first-order chi connectivity index (χ1) is 33.5. The van der Waals surface area contributed by atoms with Crippen LogP contribution in [0.5, 0.6) is 0 Å². The first kappa shape index (κ1) is 14.0. The van der Waals surface area contributed by atoms with Crippen LogP contribution in [0.2, 0.25) is 0 Å². The minimum absolute atomic E-state index is 0.0907. The molecule has 1 aliphatic heterocycles. The van der Waals surface area contributed by atoms with E-state index in [1.165, 1.54) is 12.1 Å². The summed E-state index contributed by atoms with van der Waals surface area (Å²) in [5.41, 5.74) is -0.724. The molecule has 9 aromatic rings. The van der Waals surface area contributed by atoms with Crippen LogP contribution in [0.4, 0.5) is 0 Å². The summed E-state index contributed by atoms with van der Waals surface area (Å²) in [7, 11) is 0. The fourth-order valence-electron chi connectivity index (χ4n) is 6.05. The second-order valence-corrected chi connectivity index (χ2v) is 12.2. The SMILES string of the molecule is [2H]C1=C(c2c([2H])c([2H])c(-c3ccc(-c4nc5c(c([2H])c4[2H])c([2H])c([2H])c4c([2H])c([2H])c([2H])nc45)c4ccccc34)c([2H])c2[2H])SC(c2c([2H])c3c([2H])c([2H])c([2H])c([2H])c3c3c([2H])c([2H])c([2H])c([2H])c23)C1[2H]. The largest absolute Gasteiger partial charge is 0.254 e. The zero-order valence-corrected chi connectivity index (χ0v) is 25.7. The van der Waals surface area contributed by atoms with Gasteiger partial charge < -0.3 is 0 Å². The van der Waals surface area contributed by atoms with Crippen molar-refractivity contribution in [3.8, 4) is 22.4 Å². The molecule has 230 valence electrons. The van der Waals surface area contributed by atoms with Gasteiger partial charge in [0.15, 0.2) is 0 Å². The number of hydrogen-bond donors (Lipinski definition) is 0. The lowest BCUT2D eigenvalue weighted by Gasteiger charge is -2.16. The molecule has 0 fully saturated rings. The molecule has 0 aliphatic carbocycles. The molecule has 0 spiro atoms. The summed E-state index contributed by atoms with van der Waals surface area (Å²) in [4.78, 5) is 8.60. The number of benzene rings is 7. The van der Waals surface area contributed by atoms with Crippen LogP contribution >= 0.6 is 11.8 Å². The third kappa shape index (κ3) is 4.73. The number of thioether (sulfide) groups is 1. The highest BCUT2D eigenvalue weighted by Crippen LogP contribution is 2.50. The second kappa shape index (κ2) is 11.4. The first-order valence-electron chi connectivity index (χ1n) is 26.1. The smallest absolute Gasteiger partial charge is 0.0972 e. The molecule has 3 heteroatoms. The van der Waals surface area contributed by atoms with Gasteiger partial charge in [0, 0.05) is 34.0 Å². The van der Waals surface area contributed by atoms with Crippen LogP contribution in [-0.4, -0.2) is 9.97 Å². The summed E-state index contributed by atoms with van der Waals surface area (Å²) in [6.45, 7) is 0. The first-order valence-corrected chi connectivity index (χ1v) is 15.9. The van der Waals surface area contributed by atoms with E-state index in [9.17, 15) is 9.60 Å². The third-order valence-corrected chi connectivity index (χ3v) is 9.48. The highest BCUT2D eigenvalue weighted by Gasteiger charge is 2.23. The number of allylic oxidation sites excluding steroid dienone is 1. The summed E-state index contributed by atoms with van der Waals surface area (Å²) in [5, 5.41) is -2.40. The molecule has 3 heterocycles. The molecular weight excluding hydrogens is 613 g/mol. The summed E-state index contributed by atoms with van der Waals surface area (Å²) >= 11 is 0.706. The second-order valence-electron chi connectivity index (χ2n) is 11.1. The van der Waals surface area contributed by atoms with Crippen LogP contribution in [0.3, 0.4) is 0 Å². The van der Waals surface area contributed by atoms with Gasteiger partial charge in [-0.2, -0.15) is 0 Å². The van der Waals surface area contributed by atoms with E-state index in [0.717, 1.165) is 0 Å². The zero-order chi connectivity index (χ0) is 51.5. The maximum Gasteiger partial charge on any atom is 0.0972 e. The predicted molar refractivity (Wildman–Crippen MR) is 210 cm³/mol. The number of fused-ring (bicyclic) bond motifs is 7. The van der Waals surface area contributed by atoms with Crippen LogP contribution in [0.25, 0.3) is 81.4 Å². The van der Waals surface area contributed by atoms with Crippen LogP contribution < -0.4 is 0 Å². The van der Waals surface area contributed by atoms with E-state index >= 15 is 0 Å². The van der Waals surface area contributed by atoms with Crippen LogP contribution in [0.15, 0.2) is 163 Å². The molecule has 10 rings (SSSR count). The van der Waals surface area contributed by atoms with Gasteiger partial charge in [-0.25, -0.2) is 4.98 Å². The van der Waals surface area contributed by atoms with Crippen LogP contribution in [-0.2, 0) is 0 Å². The van der Waals surface area contributed by atoms with Crippen molar-refractivity contribution in [2.45, 2.75) is 11.6 Å². The van der Waals surface area contributed by atoms with E-state index in [2.05, 4.69) is 9.97 Å². The lowest BCUT2D eigenvalue weighted by atomic mass is 9.93. The maximum absolute atomic E-state index is 9.38. The Labute approximate surface area is 319 Å². The molecule has 2 nitrogen and oxygen atoms in total. The Morgan fingerprint density at radius 1 is 0.592 bits per heavy atom. The number of hydrogen-bond acceptors (Lipinski definition) is 3. The van der Waals surface area contributed by atoms with Gasteiger partial charge in [0.1, 0.15) is 0 Å². The molecule has 2 unspecified atom stereocenters. The quantitative estimate of drug-likeness (QED) is 0.175. The van der Waals surface area contributed by atoms with Crippen LogP contribution in [0.1, 0.15) is 52.9 Å². The lowest BCUT2D eigenvalue weighted by molar-refractivity contribution is 1.00. The molecule has 0 radical (unpaired) electrons. The topological polar surface area (TPSA) is 25.8 Å². The van der Waals surface area contributed by atoms with E-state index < -0.39 is 139 Å². The Morgan fingerprint density at radius 2 is 1.27 bits per heavy atom. The molecule has 49 heavy (non-hydrogen) atoms. The van der Waals surface area contributed by atoms with Crippen molar-refractivity contribution >= 4 is 70.8 Å². The van der Waals surface area contributed by atoms with Crippen molar-refractivity contribution in [3.63, 3.8) is 0 Å². The highest BCUT2D eigenvalue weighted by molar-refractivity contribution is 8.08. The monoisotopic (exact) mass is 664 g/mol. The summed E-state index contributed by atoms with van der Waals surface area (Å²) < 4.78 is 194. The predicted octanol–water partition coefficient (Wildman–Crippen LogP) is 12.8. The zero-order valence-electron chi connectivity index (χ0n) is 46.9. The Balaban J connectivity index is 1.14. The minimum Gasteiger partial charge on any atom is -0.254 e. The Bertz CT molecular complexity index is 4000. The van der Waals surface area contributed by atoms with E-state index in [1.807, 2.05) is 0 Å². The van der Waals surface area contributed by atoms with Crippen molar-refractivity contribution in [1.29, 1.82) is 0 Å². The van der Waals surface area contributed by atoms with E-state index in [-0.39, 0.29) is 81.8 Å². The van der Waals surface area contributed by atoms with E-state index in [1.54, 1.807) is 24.3 Å². The number of pyridine rings is 2. The van der Waals surface area contributed by atoms with Crippen molar-refractivity contribution in [3.05, 3.63) is 175 Å². The van der Waals surface area contributed by atoms with Gasteiger partial charge in [0.05, 0.1) is 45.5 Å². The van der Waals surface area contributed by atoms with Gasteiger partial charge >= 0.3 is 0 Å². The van der Waals surface area contributed by atoms with Gasteiger partial charge in [-0.1, -0.05) is 139 Å². The molecule has 0 saturated heterocycles. The normalized spacial score (nSPS) is 22.7. The van der Waals surface area contributed by atoms with Gasteiger partial charge in [0.2, 0.25) is 0 Å². The van der Waals surface area contributed by atoms with Gasteiger partial charge in [0.25, 0.3) is 0 Å². The molecule has 0 bridgehead atoms. The minimum atomic E-state index is -1.64. The molecule has 7 aromatic carbocycles. The van der Waals surface area contributed by atoms with Crippen molar-refractivity contribution in [1.82, 2.24) is 9.97 Å². The fraction of sp³-hybridized carbons (Fsp3) is 0.0435. The summed E-state index contributed by atoms with van der Waals surface area (Å²) in [6.07, 6.45) is -2.23. The highest BCUT2D eigenvalue weighted by atomic mass is 32.2. The lowest BCUT2D eigenvalue weighted by Crippen LogP contribution is -1.92. The number of aromatic nitrogens is 2. The molecular formula is C46H30N2S. The Hall–Kier alpha value is -5.77. The average molecular weight is 665 g/mol. The molecule has 0 amide bonds. The Kier molecular flexibility index (Phi) is 3.27. The Morgan fingerprint density at radius 3 is 2.12 bits per heavy atom. The van der Waals surface area contributed by atoms with E-state index in [0.29, 0.717) is 22.5 Å². The standard InChI is InChI=1S/C46H30N2S/c1-2-10-34-33(8-1)28-41(39-14-6-4-11-36(34)39)44-26-25-43(49-44)30-17-15-29(16-18-30)35-22-23-40(38-13-5-3-12-37(35)38)42-24-21-32-20-19-31-9-7-27-47-45(31)46(32)48-42/h1-25,27-28,44H,26H2/i1D,2D,4D,6D,7D,8D,9D,10D,11D,14D,15D,16D,17D,18D,19D,20D,21D,24D,25D,26D,27D,28D. The molecule has 2 atom stereocenters. The van der Waals surface area contributed by atoms with Crippen molar-refractivity contribution in [2.24, 2.45) is 0 Å². The van der Waals surface area contributed by atoms with Crippen LogP contribution in [0, 0.1) is 0 Å². The fourth-order valence-corrected chi connectivity index (χ4v) is 7.09. The summed E-state index contributed by atoms with van der Waals surface area (Å²) in [6, 6.07) is -2.31. The molecule has 0 saturated carbocycles. The maximum atomic E-state index is 9.38. The average Bonchev–Trinajstić information content (AvgIpc) is 3.63. The van der Waals surface area contributed by atoms with Crippen molar-refractivity contribution in [2.75, 3.05) is 0 Å². The third-order valence-electron chi connectivity index (χ3n) is 8.30. The molecule has 2 aromatic heterocycles. The van der Waals surface area contributed by atoms with Gasteiger partial charge in [-0.05, 0) is 79.1 Å². The molecule has 0 N–H and O–H groups in total. The van der Waals surface area contributed by atoms with Crippen molar-refractivity contribution < 1.29 is 30.2 Å². The number of nitrogens with zero attached hydrogens (tertiary/aromatic N) is 2. The van der Waals surface area contributed by atoms with Gasteiger partial charge in [-0.15, -0.1) is 11.8 Å². The van der Waals surface area contributed by atoms with Gasteiger partial charge in [-0.3, -0.25) is 4.98 Å². The number of rotatable bonds is 4. The molecule has 1 aliphatic rings.